The van der Waals surface area contributed by atoms with Crippen LogP contribution in [0, 0.1) is 0 Å². The van der Waals surface area contributed by atoms with Gasteiger partial charge in [-0.05, 0) is 36.0 Å². The molecule has 1 unspecified atom stereocenters. The van der Waals surface area contributed by atoms with Gasteiger partial charge in [-0.15, -0.1) is 0 Å². The van der Waals surface area contributed by atoms with E-state index in [1.165, 1.54) is 10.5 Å². The number of rotatable bonds is 4. The maximum atomic E-state index is 12.2. The summed E-state index contributed by atoms with van der Waals surface area (Å²) in [7, 11) is 0. The molecule has 1 N–H and O–H groups in total. The molecule has 0 radical (unpaired) electrons. The van der Waals surface area contributed by atoms with Crippen LogP contribution in [0.5, 0.6) is 0 Å². The number of aliphatic carboxylic acids is 1. The quantitative estimate of drug-likeness (QED) is 0.904. The van der Waals surface area contributed by atoms with Crippen molar-refractivity contribution in [2.75, 3.05) is 13.1 Å². The standard InChI is InChI=1S/C15H19NO3/c1-3-10(2)11-4-5-13-12(8-11)6-7-16(15(13)19)9-14(17)18/h4-5,8,10H,3,6-7,9H2,1-2H3,(H,17,18). The molecule has 0 saturated heterocycles. The zero-order valence-corrected chi connectivity index (χ0v) is 11.3. The molecule has 0 aliphatic carbocycles. The van der Waals surface area contributed by atoms with Crippen molar-refractivity contribution in [1.82, 2.24) is 4.90 Å². The van der Waals surface area contributed by atoms with E-state index in [1.54, 1.807) is 0 Å². The molecular weight excluding hydrogens is 242 g/mol. The molecule has 19 heavy (non-hydrogen) atoms. The molecular formula is C15H19NO3. The molecule has 0 aromatic heterocycles. The molecule has 0 fully saturated rings. The lowest BCUT2D eigenvalue weighted by atomic mass is 9.91. The summed E-state index contributed by atoms with van der Waals surface area (Å²) in [6.45, 7) is 4.58. The van der Waals surface area contributed by atoms with Crippen molar-refractivity contribution < 1.29 is 14.7 Å². The Morgan fingerprint density at radius 1 is 1.47 bits per heavy atom. The number of carboxylic acids is 1. The smallest absolute Gasteiger partial charge is 0.323 e. The van der Waals surface area contributed by atoms with Crippen LogP contribution in [-0.4, -0.2) is 35.0 Å². The summed E-state index contributed by atoms with van der Waals surface area (Å²) in [5.41, 5.74) is 2.95. The van der Waals surface area contributed by atoms with Gasteiger partial charge < -0.3 is 10.0 Å². The average Bonchev–Trinajstić information content (AvgIpc) is 2.40. The summed E-state index contributed by atoms with van der Waals surface area (Å²) in [4.78, 5) is 24.3. The molecule has 4 nitrogen and oxygen atoms in total. The van der Waals surface area contributed by atoms with Crippen molar-refractivity contribution in [2.24, 2.45) is 0 Å². The lowest BCUT2D eigenvalue weighted by Gasteiger charge is -2.27. The molecule has 1 aromatic carbocycles. The Kier molecular flexibility index (Phi) is 3.88. The molecule has 1 aromatic rings. The second-order valence-corrected chi connectivity index (χ2v) is 5.10. The van der Waals surface area contributed by atoms with Crippen LogP contribution in [0.1, 0.15) is 47.7 Å². The third-order valence-corrected chi connectivity index (χ3v) is 3.81. The Labute approximate surface area is 113 Å². The molecule has 4 heteroatoms. The highest BCUT2D eigenvalue weighted by Gasteiger charge is 2.26. The number of nitrogens with zero attached hydrogens (tertiary/aromatic N) is 1. The van der Waals surface area contributed by atoms with Crippen LogP contribution in [0.4, 0.5) is 0 Å². The molecule has 1 atom stereocenters. The largest absolute Gasteiger partial charge is 0.480 e. The van der Waals surface area contributed by atoms with Gasteiger partial charge in [0.05, 0.1) is 0 Å². The molecule has 102 valence electrons. The Bertz CT molecular complexity index is 510. The van der Waals surface area contributed by atoms with E-state index in [0.29, 0.717) is 18.0 Å². The van der Waals surface area contributed by atoms with Crippen LogP contribution in [-0.2, 0) is 11.2 Å². The summed E-state index contributed by atoms with van der Waals surface area (Å²) in [6, 6.07) is 5.92. The van der Waals surface area contributed by atoms with Crippen LogP contribution in [0.15, 0.2) is 18.2 Å². The van der Waals surface area contributed by atoms with E-state index in [1.807, 2.05) is 12.1 Å². The van der Waals surface area contributed by atoms with E-state index in [-0.39, 0.29) is 12.5 Å². The average molecular weight is 261 g/mol. The highest BCUT2D eigenvalue weighted by Crippen LogP contribution is 2.25. The molecule has 0 spiro atoms. The second-order valence-electron chi connectivity index (χ2n) is 5.10. The number of hydrogen-bond donors (Lipinski definition) is 1. The molecule has 2 rings (SSSR count). The minimum atomic E-state index is -0.965. The summed E-state index contributed by atoms with van der Waals surface area (Å²) in [5.74, 6) is -0.648. The van der Waals surface area contributed by atoms with Gasteiger partial charge in [0.2, 0.25) is 0 Å². The first-order valence-corrected chi connectivity index (χ1v) is 6.66. The summed E-state index contributed by atoms with van der Waals surface area (Å²) >= 11 is 0. The van der Waals surface area contributed by atoms with Gasteiger partial charge in [-0.3, -0.25) is 9.59 Å². The highest BCUT2D eigenvalue weighted by molar-refractivity contribution is 5.98. The number of fused-ring (bicyclic) bond motifs is 1. The van der Waals surface area contributed by atoms with Gasteiger partial charge in [0, 0.05) is 12.1 Å². The second kappa shape index (κ2) is 5.43. The Morgan fingerprint density at radius 2 is 2.21 bits per heavy atom. The molecule has 0 saturated carbocycles. The van der Waals surface area contributed by atoms with Gasteiger partial charge in [0.15, 0.2) is 0 Å². The van der Waals surface area contributed by atoms with E-state index >= 15 is 0 Å². The van der Waals surface area contributed by atoms with Crippen LogP contribution in [0.25, 0.3) is 0 Å². The SMILES string of the molecule is CCC(C)c1ccc2c(c1)CCN(CC(=O)O)C2=O. The zero-order valence-electron chi connectivity index (χ0n) is 11.3. The van der Waals surface area contributed by atoms with Crippen molar-refractivity contribution in [3.63, 3.8) is 0 Å². The fourth-order valence-corrected chi connectivity index (χ4v) is 2.41. The van der Waals surface area contributed by atoms with E-state index in [9.17, 15) is 9.59 Å². The number of carbonyl (C=O) groups is 2. The first-order valence-electron chi connectivity index (χ1n) is 6.66. The van der Waals surface area contributed by atoms with Gasteiger partial charge in [0.1, 0.15) is 6.54 Å². The molecule has 1 heterocycles. The molecule has 1 aliphatic heterocycles. The number of hydrogen-bond acceptors (Lipinski definition) is 2. The maximum absolute atomic E-state index is 12.2. The normalized spacial score (nSPS) is 16.1. The van der Waals surface area contributed by atoms with Crippen LogP contribution < -0.4 is 0 Å². The molecule has 1 aliphatic rings. The number of carboxylic acid groups (broad SMARTS) is 1. The van der Waals surface area contributed by atoms with Crippen molar-refractivity contribution in [2.45, 2.75) is 32.6 Å². The van der Waals surface area contributed by atoms with Crippen LogP contribution in [0.3, 0.4) is 0 Å². The van der Waals surface area contributed by atoms with Crippen LogP contribution in [0.2, 0.25) is 0 Å². The van der Waals surface area contributed by atoms with Crippen molar-refractivity contribution in [1.29, 1.82) is 0 Å². The van der Waals surface area contributed by atoms with Crippen molar-refractivity contribution in [3.8, 4) is 0 Å². The Hall–Kier alpha value is -1.84. The lowest BCUT2D eigenvalue weighted by molar-refractivity contribution is -0.137. The summed E-state index contributed by atoms with van der Waals surface area (Å²) in [5, 5.41) is 8.79. The predicted octanol–water partition coefficient (Wildman–Crippen LogP) is 2.28. The number of benzene rings is 1. The molecule has 0 bridgehead atoms. The van der Waals surface area contributed by atoms with Gasteiger partial charge in [-0.25, -0.2) is 0 Å². The fourth-order valence-electron chi connectivity index (χ4n) is 2.41. The van der Waals surface area contributed by atoms with Gasteiger partial charge >= 0.3 is 5.97 Å². The van der Waals surface area contributed by atoms with Gasteiger partial charge in [-0.1, -0.05) is 26.0 Å². The monoisotopic (exact) mass is 261 g/mol. The summed E-state index contributed by atoms with van der Waals surface area (Å²) in [6.07, 6.45) is 1.80. The predicted molar refractivity (Wildman–Crippen MR) is 72.4 cm³/mol. The zero-order chi connectivity index (χ0) is 14.0. The van der Waals surface area contributed by atoms with Crippen molar-refractivity contribution in [3.05, 3.63) is 34.9 Å². The Morgan fingerprint density at radius 3 is 2.84 bits per heavy atom. The van der Waals surface area contributed by atoms with Gasteiger partial charge in [-0.2, -0.15) is 0 Å². The first kappa shape index (κ1) is 13.6. The minimum Gasteiger partial charge on any atom is -0.480 e. The van der Waals surface area contributed by atoms with E-state index in [4.69, 9.17) is 5.11 Å². The maximum Gasteiger partial charge on any atom is 0.323 e. The van der Waals surface area contributed by atoms with E-state index < -0.39 is 5.97 Å². The van der Waals surface area contributed by atoms with Crippen molar-refractivity contribution >= 4 is 11.9 Å². The minimum absolute atomic E-state index is 0.167. The third kappa shape index (κ3) is 2.78. The third-order valence-electron chi connectivity index (χ3n) is 3.81. The summed E-state index contributed by atoms with van der Waals surface area (Å²) < 4.78 is 0. The first-order chi connectivity index (χ1) is 9.02. The highest BCUT2D eigenvalue weighted by atomic mass is 16.4. The van der Waals surface area contributed by atoms with Gasteiger partial charge in [0.25, 0.3) is 5.91 Å². The lowest BCUT2D eigenvalue weighted by Crippen LogP contribution is -2.40. The molecule has 1 amide bonds. The Balaban J connectivity index is 2.26. The van der Waals surface area contributed by atoms with Crippen LogP contribution >= 0.6 is 0 Å². The number of carbonyl (C=O) groups excluding carboxylic acids is 1. The number of amides is 1. The fraction of sp³-hybridized carbons (Fsp3) is 0.467. The van der Waals surface area contributed by atoms with E-state index in [0.717, 1.165) is 18.4 Å². The van der Waals surface area contributed by atoms with E-state index in [2.05, 4.69) is 19.9 Å². The topological polar surface area (TPSA) is 57.6 Å².